The summed E-state index contributed by atoms with van der Waals surface area (Å²) < 4.78 is 0. The third-order valence-electron chi connectivity index (χ3n) is 1.81. The monoisotopic (exact) mass is 208 g/mol. The molecule has 0 saturated heterocycles. The Labute approximate surface area is 84.2 Å². The minimum Gasteiger partial charge on any atom is -0.477 e. The molecule has 0 aliphatic heterocycles. The number of aromatic amines is 1. The van der Waals surface area contributed by atoms with Gasteiger partial charge in [-0.15, -0.1) is 11.3 Å². The summed E-state index contributed by atoms with van der Waals surface area (Å²) in [5, 5.41) is 11.6. The van der Waals surface area contributed by atoms with E-state index in [9.17, 15) is 4.79 Å². The average Bonchev–Trinajstić information content (AvgIpc) is 2.70. The van der Waals surface area contributed by atoms with Gasteiger partial charge in [0, 0.05) is 5.38 Å². The standard InChI is InChI=1S/C9H8N2O2S/c1-5-10-8(4-14-5)6-2-3-7(11-6)9(12)13/h2-4,11H,1H3,(H,12,13). The van der Waals surface area contributed by atoms with E-state index in [1.807, 2.05) is 12.3 Å². The van der Waals surface area contributed by atoms with Crippen molar-refractivity contribution >= 4 is 17.3 Å². The number of hydrogen-bond donors (Lipinski definition) is 2. The molecule has 14 heavy (non-hydrogen) atoms. The van der Waals surface area contributed by atoms with Crippen molar-refractivity contribution in [3.63, 3.8) is 0 Å². The molecule has 2 rings (SSSR count). The Hall–Kier alpha value is -1.62. The van der Waals surface area contributed by atoms with Crippen LogP contribution in [0.4, 0.5) is 0 Å². The lowest BCUT2D eigenvalue weighted by molar-refractivity contribution is 0.0691. The highest BCUT2D eigenvalue weighted by Crippen LogP contribution is 2.20. The van der Waals surface area contributed by atoms with Crippen molar-refractivity contribution < 1.29 is 9.90 Å². The van der Waals surface area contributed by atoms with Gasteiger partial charge >= 0.3 is 5.97 Å². The molecule has 0 saturated carbocycles. The third-order valence-corrected chi connectivity index (χ3v) is 2.58. The predicted molar refractivity (Wildman–Crippen MR) is 53.6 cm³/mol. The topological polar surface area (TPSA) is 66.0 Å². The van der Waals surface area contributed by atoms with Crippen LogP contribution < -0.4 is 0 Å². The molecule has 5 heteroatoms. The summed E-state index contributed by atoms with van der Waals surface area (Å²) in [4.78, 5) is 17.6. The van der Waals surface area contributed by atoms with Gasteiger partial charge in [0.15, 0.2) is 0 Å². The zero-order valence-corrected chi connectivity index (χ0v) is 8.26. The van der Waals surface area contributed by atoms with Crippen LogP contribution >= 0.6 is 11.3 Å². The minimum absolute atomic E-state index is 0.186. The lowest BCUT2D eigenvalue weighted by atomic mass is 10.3. The molecule has 2 aromatic rings. The van der Waals surface area contributed by atoms with Crippen LogP contribution in [-0.4, -0.2) is 21.0 Å². The highest BCUT2D eigenvalue weighted by molar-refractivity contribution is 7.09. The van der Waals surface area contributed by atoms with E-state index in [4.69, 9.17) is 5.11 Å². The van der Waals surface area contributed by atoms with Crippen molar-refractivity contribution in [2.24, 2.45) is 0 Å². The summed E-state index contributed by atoms with van der Waals surface area (Å²) in [6, 6.07) is 3.25. The van der Waals surface area contributed by atoms with E-state index in [2.05, 4.69) is 9.97 Å². The van der Waals surface area contributed by atoms with E-state index in [1.54, 1.807) is 6.07 Å². The van der Waals surface area contributed by atoms with Crippen LogP contribution in [0.3, 0.4) is 0 Å². The zero-order chi connectivity index (χ0) is 10.1. The number of H-pyrrole nitrogens is 1. The second kappa shape index (κ2) is 3.26. The lowest BCUT2D eigenvalue weighted by Crippen LogP contribution is -1.95. The number of aryl methyl sites for hydroxylation is 1. The van der Waals surface area contributed by atoms with Gasteiger partial charge in [-0.3, -0.25) is 0 Å². The number of thiazole rings is 1. The largest absolute Gasteiger partial charge is 0.477 e. The molecule has 0 atom stereocenters. The number of carboxylic acid groups (broad SMARTS) is 1. The molecule has 0 aliphatic rings. The van der Waals surface area contributed by atoms with E-state index in [1.165, 1.54) is 17.4 Å². The maximum atomic E-state index is 10.6. The molecule has 0 unspecified atom stereocenters. The molecule has 2 N–H and O–H groups in total. The Kier molecular flexibility index (Phi) is 2.09. The van der Waals surface area contributed by atoms with E-state index < -0.39 is 5.97 Å². The van der Waals surface area contributed by atoms with E-state index >= 15 is 0 Å². The highest BCUT2D eigenvalue weighted by Gasteiger charge is 2.08. The molecular weight excluding hydrogens is 200 g/mol. The van der Waals surface area contributed by atoms with Crippen LogP contribution in [0.15, 0.2) is 17.5 Å². The predicted octanol–water partition coefficient (Wildman–Crippen LogP) is 2.14. The number of nitrogens with one attached hydrogen (secondary N) is 1. The van der Waals surface area contributed by atoms with Gasteiger partial charge in [-0.2, -0.15) is 0 Å². The van der Waals surface area contributed by atoms with Gasteiger partial charge in [-0.25, -0.2) is 9.78 Å². The minimum atomic E-state index is -0.955. The fraction of sp³-hybridized carbons (Fsp3) is 0.111. The van der Waals surface area contributed by atoms with Crippen molar-refractivity contribution in [3.05, 3.63) is 28.2 Å². The molecular formula is C9H8N2O2S. The lowest BCUT2D eigenvalue weighted by Gasteiger charge is -1.89. The quantitative estimate of drug-likeness (QED) is 0.794. The van der Waals surface area contributed by atoms with Gasteiger partial charge in [-0.1, -0.05) is 0 Å². The Balaban J connectivity index is 2.38. The summed E-state index contributed by atoms with van der Waals surface area (Å²) in [6.07, 6.45) is 0. The molecule has 0 aliphatic carbocycles. The molecule has 0 spiro atoms. The molecule has 0 aromatic carbocycles. The number of aromatic nitrogens is 2. The maximum Gasteiger partial charge on any atom is 0.352 e. The van der Waals surface area contributed by atoms with E-state index in [0.717, 1.165) is 16.4 Å². The normalized spacial score (nSPS) is 10.4. The van der Waals surface area contributed by atoms with E-state index in [-0.39, 0.29) is 5.69 Å². The van der Waals surface area contributed by atoms with Gasteiger partial charge < -0.3 is 10.1 Å². The molecule has 0 bridgehead atoms. The van der Waals surface area contributed by atoms with Gasteiger partial charge in [0.05, 0.1) is 16.4 Å². The van der Waals surface area contributed by atoms with Crippen LogP contribution in [0.2, 0.25) is 0 Å². The van der Waals surface area contributed by atoms with Crippen molar-refractivity contribution in [1.82, 2.24) is 9.97 Å². The molecule has 2 aromatic heterocycles. The highest BCUT2D eigenvalue weighted by atomic mass is 32.1. The Bertz CT molecular complexity index is 473. The summed E-state index contributed by atoms with van der Waals surface area (Å²) in [5.74, 6) is -0.955. The van der Waals surface area contributed by atoms with Gasteiger partial charge in [0.25, 0.3) is 0 Å². The van der Waals surface area contributed by atoms with Crippen LogP contribution in [0.1, 0.15) is 15.5 Å². The van der Waals surface area contributed by atoms with E-state index in [0.29, 0.717) is 0 Å². The van der Waals surface area contributed by atoms with Crippen LogP contribution in [0, 0.1) is 6.92 Å². The smallest absolute Gasteiger partial charge is 0.352 e. The fourth-order valence-corrected chi connectivity index (χ4v) is 1.77. The second-order valence-corrected chi connectivity index (χ2v) is 3.90. The molecule has 4 nitrogen and oxygen atoms in total. The summed E-state index contributed by atoms with van der Waals surface area (Å²) in [5.41, 5.74) is 1.72. The van der Waals surface area contributed by atoms with Gasteiger partial charge in [0.1, 0.15) is 5.69 Å². The van der Waals surface area contributed by atoms with Crippen molar-refractivity contribution in [2.45, 2.75) is 6.92 Å². The number of nitrogens with zero attached hydrogens (tertiary/aromatic N) is 1. The summed E-state index contributed by atoms with van der Waals surface area (Å²) in [7, 11) is 0. The molecule has 2 heterocycles. The van der Waals surface area contributed by atoms with Crippen LogP contribution in [0.25, 0.3) is 11.4 Å². The SMILES string of the molecule is Cc1nc(-c2ccc(C(=O)O)[nH]2)cs1. The van der Waals surface area contributed by atoms with Crippen molar-refractivity contribution in [1.29, 1.82) is 0 Å². The summed E-state index contributed by atoms with van der Waals surface area (Å²) >= 11 is 1.54. The Morgan fingerprint density at radius 2 is 2.36 bits per heavy atom. The molecule has 0 fully saturated rings. The number of carbonyl (C=O) groups is 1. The third kappa shape index (κ3) is 1.54. The second-order valence-electron chi connectivity index (χ2n) is 2.84. The van der Waals surface area contributed by atoms with Gasteiger partial charge in [-0.05, 0) is 19.1 Å². The first-order valence-corrected chi connectivity index (χ1v) is 4.89. The summed E-state index contributed by atoms with van der Waals surface area (Å²) in [6.45, 7) is 1.91. The van der Waals surface area contributed by atoms with Crippen LogP contribution in [-0.2, 0) is 0 Å². The number of aromatic carboxylic acids is 1. The molecule has 72 valence electrons. The van der Waals surface area contributed by atoms with Crippen molar-refractivity contribution in [3.8, 4) is 11.4 Å². The fourth-order valence-electron chi connectivity index (χ4n) is 1.16. The molecule has 0 radical (unpaired) electrons. The van der Waals surface area contributed by atoms with Gasteiger partial charge in [0.2, 0.25) is 0 Å². The Morgan fingerprint density at radius 3 is 2.86 bits per heavy atom. The average molecular weight is 208 g/mol. The van der Waals surface area contributed by atoms with Crippen LogP contribution in [0.5, 0.6) is 0 Å². The van der Waals surface area contributed by atoms with Crippen molar-refractivity contribution in [2.75, 3.05) is 0 Å². The first-order chi connectivity index (χ1) is 6.66. The number of rotatable bonds is 2. The maximum absolute atomic E-state index is 10.6. The zero-order valence-electron chi connectivity index (χ0n) is 7.44. The Morgan fingerprint density at radius 1 is 1.57 bits per heavy atom. The first kappa shape index (κ1) is 8.96. The number of hydrogen-bond acceptors (Lipinski definition) is 3. The molecule has 0 amide bonds. The first-order valence-electron chi connectivity index (χ1n) is 4.01. The number of carboxylic acids is 1.